The summed E-state index contributed by atoms with van der Waals surface area (Å²) in [6.07, 6.45) is 3.92. The van der Waals surface area contributed by atoms with E-state index in [0.717, 1.165) is 38.0 Å². The van der Waals surface area contributed by atoms with Crippen molar-refractivity contribution in [3.05, 3.63) is 41.7 Å². The van der Waals surface area contributed by atoms with Gasteiger partial charge in [-0.3, -0.25) is 4.79 Å². The third kappa shape index (κ3) is 5.49. The number of aromatic nitrogens is 4. The van der Waals surface area contributed by atoms with E-state index >= 15 is 0 Å². The summed E-state index contributed by atoms with van der Waals surface area (Å²) in [6.45, 7) is 4.52. The Kier molecular flexibility index (Phi) is 8.19. The Hall–Kier alpha value is -1.99. The van der Waals surface area contributed by atoms with Crippen LogP contribution in [0, 0.1) is 12.8 Å². The number of likely N-dealkylation sites (tertiary alicyclic amines) is 1. The first-order chi connectivity index (χ1) is 12.7. The minimum atomic E-state index is -0.388. The number of hydrogen-bond donors (Lipinski definition) is 1. The highest BCUT2D eigenvalue weighted by molar-refractivity contribution is 5.85. The molecule has 1 unspecified atom stereocenters. The maximum Gasteiger partial charge on any atom is 0.247 e. The van der Waals surface area contributed by atoms with Crippen molar-refractivity contribution in [3.8, 4) is 0 Å². The number of carbonyl (C=O) groups excluding carboxylic acids is 1. The second-order valence-electron chi connectivity index (χ2n) is 7.04. The number of rotatable bonds is 7. The largest absolute Gasteiger partial charge is 0.341 e. The quantitative estimate of drug-likeness (QED) is 0.780. The van der Waals surface area contributed by atoms with Crippen molar-refractivity contribution in [2.75, 3.05) is 26.7 Å². The third-order valence-corrected chi connectivity index (χ3v) is 5.24. The van der Waals surface area contributed by atoms with Gasteiger partial charge in [0.1, 0.15) is 11.9 Å². The average molecular weight is 393 g/mol. The number of benzene rings is 1. The highest BCUT2D eigenvalue weighted by Gasteiger charge is 2.31. The van der Waals surface area contributed by atoms with E-state index in [4.69, 9.17) is 0 Å². The lowest BCUT2D eigenvalue weighted by Crippen LogP contribution is -2.43. The zero-order chi connectivity index (χ0) is 18.4. The van der Waals surface area contributed by atoms with Crippen molar-refractivity contribution in [1.82, 2.24) is 30.4 Å². The van der Waals surface area contributed by atoms with Crippen LogP contribution in [-0.4, -0.2) is 57.7 Å². The number of aryl methyl sites for hydroxylation is 1. The maximum absolute atomic E-state index is 13.3. The molecule has 2 heterocycles. The standard InChI is InChI=1S/C19H28N6O.ClH/c1-15-21-22-23-25(15)18(14-17-6-4-3-5-7-17)19(26)24-12-9-16(10-13-24)8-11-20-2;/h3-7,16,18,20H,8-14H2,1-2H3;1H. The van der Waals surface area contributed by atoms with Crippen molar-refractivity contribution >= 4 is 18.3 Å². The molecule has 1 aromatic carbocycles. The molecule has 0 bridgehead atoms. The number of piperidine rings is 1. The number of amides is 1. The van der Waals surface area contributed by atoms with Gasteiger partial charge in [-0.25, -0.2) is 4.68 Å². The average Bonchev–Trinajstić information content (AvgIpc) is 3.11. The van der Waals surface area contributed by atoms with Crippen LogP contribution in [0.5, 0.6) is 0 Å². The van der Waals surface area contributed by atoms with Gasteiger partial charge in [0.2, 0.25) is 5.91 Å². The van der Waals surface area contributed by atoms with Gasteiger partial charge in [-0.2, -0.15) is 0 Å². The molecule has 27 heavy (non-hydrogen) atoms. The first-order valence-corrected chi connectivity index (χ1v) is 9.41. The van der Waals surface area contributed by atoms with Crippen molar-refractivity contribution in [2.45, 2.75) is 38.6 Å². The molecule has 0 aliphatic carbocycles. The SMILES string of the molecule is CNCCC1CCN(C(=O)C(Cc2ccccc2)n2nnnc2C)CC1.Cl. The smallest absolute Gasteiger partial charge is 0.247 e. The van der Waals surface area contributed by atoms with Gasteiger partial charge in [0, 0.05) is 19.5 Å². The Balaban J connectivity index is 0.00000261. The lowest BCUT2D eigenvalue weighted by molar-refractivity contribution is -0.136. The Morgan fingerprint density at radius 2 is 1.96 bits per heavy atom. The molecule has 1 amide bonds. The van der Waals surface area contributed by atoms with Gasteiger partial charge < -0.3 is 10.2 Å². The number of nitrogens with one attached hydrogen (secondary N) is 1. The Bertz CT molecular complexity index is 699. The van der Waals surface area contributed by atoms with Crippen LogP contribution in [0.25, 0.3) is 0 Å². The number of nitrogens with zero attached hydrogens (tertiary/aromatic N) is 5. The molecule has 0 saturated carbocycles. The van der Waals surface area contributed by atoms with E-state index < -0.39 is 0 Å². The Labute approximate surface area is 166 Å². The molecule has 1 atom stereocenters. The topological polar surface area (TPSA) is 75.9 Å². The van der Waals surface area contributed by atoms with E-state index in [1.807, 2.05) is 49.2 Å². The van der Waals surface area contributed by atoms with E-state index in [9.17, 15) is 4.79 Å². The zero-order valence-corrected chi connectivity index (χ0v) is 16.9. The number of hydrogen-bond acceptors (Lipinski definition) is 5. The lowest BCUT2D eigenvalue weighted by Gasteiger charge is -2.34. The van der Waals surface area contributed by atoms with E-state index in [-0.39, 0.29) is 24.4 Å². The van der Waals surface area contributed by atoms with Crippen molar-refractivity contribution < 1.29 is 4.79 Å². The van der Waals surface area contributed by atoms with Gasteiger partial charge in [-0.05, 0) is 61.7 Å². The normalized spacial score (nSPS) is 16.0. The van der Waals surface area contributed by atoms with Crippen LogP contribution in [0.1, 0.15) is 36.7 Å². The molecule has 1 aliphatic rings. The molecule has 2 aromatic rings. The molecule has 1 N–H and O–H groups in total. The van der Waals surface area contributed by atoms with Gasteiger partial charge in [0.25, 0.3) is 0 Å². The Morgan fingerprint density at radius 1 is 1.26 bits per heavy atom. The summed E-state index contributed by atoms with van der Waals surface area (Å²) in [5, 5.41) is 15.0. The summed E-state index contributed by atoms with van der Waals surface area (Å²) in [6, 6.07) is 9.68. The fraction of sp³-hybridized carbons (Fsp3) is 0.579. The van der Waals surface area contributed by atoms with Crippen LogP contribution in [-0.2, 0) is 11.2 Å². The van der Waals surface area contributed by atoms with Crippen LogP contribution < -0.4 is 5.32 Å². The maximum atomic E-state index is 13.3. The van der Waals surface area contributed by atoms with Gasteiger partial charge in [-0.15, -0.1) is 17.5 Å². The molecule has 1 fully saturated rings. The molecule has 7 nitrogen and oxygen atoms in total. The summed E-state index contributed by atoms with van der Waals surface area (Å²) >= 11 is 0. The highest BCUT2D eigenvalue weighted by Crippen LogP contribution is 2.24. The first-order valence-electron chi connectivity index (χ1n) is 9.41. The molecule has 1 saturated heterocycles. The second-order valence-corrected chi connectivity index (χ2v) is 7.04. The van der Waals surface area contributed by atoms with Gasteiger partial charge >= 0.3 is 0 Å². The number of carbonyl (C=O) groups is 1. The van der Waals surface area contributed by atoms with Crippen LogP contribution in [0.3, 0.4) is 0 Å². The Morgan fingerprint density at radius 3 is 2.56 bits per heavy atom. The molecular formula is C19H29ClN6O. The molecule has 1 aliphatic heterocycles. The van der Waals surface area contributed by atoms with E-state index in [2.05, 4.69) is 20.8 Å². The highest BCUT2D eigenvalue weighted by atomic mass is 35.5. The predicted octanol–water partition coefficient (Wildman–Crippen LogP) is 2.04. The van der Waals surface area contributed by atoms with Gasteiger partial charge in [-0.1, -0.05) is 30.3 Å². The molecule has 8 heteroatoms. The summed E-state index contributed by atoms with van der Waals surface area (Å²) in [4.78, 5) is 15.3. The molecule has 3 rings (SSSR count). The molecule has 0 radical (unpaired) electrons. The third-order valence-electron chi connectivity index (χ3n) is 5.24. The molecule has 0 spiro atoms. The van der Waals surface area contributed by atoms with Crippen LogP contribution >= 0.6 is 12.4 Å². The molecular weight excluding hydrogens is 364 g/mol. The molecule has 148 valence electrons. The monoisotopic (exact) mass is 392 g/mol. The first kappa shape index (κ1) is 21.3. The second kappa shape index (κ2) is 10.4. The van der Waals surface area contributed by atoms with E-state index in [1.165, 1.54) is 6.42 Å². The fourth-order valence-electron chi connectivity index (χ4n) is 3.64. The number of halogens is 1. The van der Waals surface area contributed by atoms with Crippen LogP contribution in [0.2, 0.25) is 0 Å². The minimum Gasteiger partial charge on any atom is -0.341 e. The minimum absolute atomic E-state index is 0. The summed E-state index contributed by atoms with van der Waals surface area (Å²) in [5.41, 5.74) is 1.12. The van der Waals surface area contributed by atoms with Crippen molar-refractivity contribution in [3.63, 3.8) is 0 Å². The van der Waals surface area contributed by atoms with Gasteiger partial charge in [0.05, 0.1) is 0 Å². The predicted molar refractivity (Wildman–Crippen MR) is 107 cm³/mol. The summed E-state index contributed by atoms with van der Waals surface area (Å²) in [5.74, 6) is 1.49. The number of tetrazole rings is 1. The van der Waals surface area contributed by atoms with E-state index in [0.29, 0.717) is 18.2 Å². The van der Waals surface area contributed by atoms with Crippen LogP contribution in [0.4, 0.5) is 0 Å². The van der Waals surface area contributed by atoms with Gasteiger partial charge in [0.15, 0.2) is 0 Å². The summed E-state index contributed by atoms with van der Waals surface area (Å²) in [7, 11) is 1.99. The fourth-order valence-corrected chi connectivity index (χ4v) is 3.64. The van der Waals surface area contributed by atoms with Crippen molar-refractivity contribution in [2.24, 2.45) is 5.92 Å². The van der Waals surface area contributed by atoms with Crippen LogP contribution in [0.15, 0.2) is 30.3 Å². The molecule has 1 aromatic heterocycles. The summed E-state index contributed by atoms with van der Waals surface area (Å²) < 4.78 is 1.67. The zero-order valence-electron chi connectivity index (χ0n) is 16.0. The van der Waals surface area contributed by atoms with Crippen molar-refractivity contribution in [1.29, 1.82) is 0 Å². The lowest BCUT2D eigenvalue weighted by atomic mass is 9.93. The van der Waals surface area contributed by atoms with E-state index in [1.54, 1.807) is 4.68 Å².